The molecule has 2 N–H and O–H groups in total. The molecule has 1 fully saturated rings. The van der Waals surface area contributed by atoms with Gasteiger partial charge in [-0.05, 0) is 37.0 Å². The molecule has 1 aliphatic rings. The summed E-state index contributed by atoms with van der Waals surface area (Å²) in [5, 5.41) is 4.69. The predicted octanol–water partition coefficient (Wildman–Crippen LogP) is 4.24. The lowest BCUT2D eigenvalue weighted by molar-refractivity contribution is -0.115. The van der Waals surface area contributed by atoms with Crippen LogP contribution in [-0.2, 0) is 18.3 Å². The van der Waals surface area contributed by atoms with Crippen LogP contribution in [-0.4, -0.2) is 37.6 Å². The average Bonchev–Trinajstić information content (AvgIpc) is 3.46. The van der Waals surface area contributed by atoms with Crippen molar-refractivity contribution in [3.8, 4) is 11.4 Å². The highest BCUT2D eigenvalue weighted by molar-refractivity contribution is 8.15. The van der Waals surface area contributed by atoms with Gasteiger partial charge < -0.3 is 0 Å². The molecule has 0 saturated carbocycles. The molecule has 2 heterocycles. The summed E-state index contributed by atoms with van der Waals surface area (Å²) in [4.78, 5) is 35.2. The summed E-state index contributed by atoms with van der Waals surface area (Å²) in [7, 11) is 1.83. The molecular formula is C25H29N7O2S. The number of urea groups is 1. The van der Waals surface area contributed by atoms with Gasteiger partial charge >= 0.3 is 6.03 Å². The van der Waals surface area contributed by atoms with Crippen molar-refractivity contribution in [3.63, 3.8) is 0 Å². The van der Waals surface area contributed by atoms with Gasteiger partial charge in [-0.3, -0.25) is 19.8 Å². The number of anilines is 1. The van der Waals surface area contributed by atoms with Gasteiger partial charge in [-0.15, -0.1) is 0 Å². The van der Waals surface area contributed by atoms with Crippen molar-refractivity contribution in [1.29, 1.82) is 0 Å². The standard InChI is InChI=1S/C25H29N7O2S/c1-4-5-8-19-9-6-7-10-21(19)32-22(33)15-35-25(32)27-24(34)29-28-17(2)18-11-13-20(14-12-18)23-26-16-31(3)30-23/h6-7,9-14,16-17,28H,4-5,8,15H2,1-3H3,(H,29,34)/b27-25-. The topological polar surface area (TPSA) is 105 Å². The lowest BCUT2D eigenvalue weighted by Crippen LogP contribution is -2.39. The summed E-state index contributed by atoms with van der Waals surface area (Å²) < 4.78 is 1.66. The average molecular weight is 492 g/mol. The van der Waals surface area contributed by atoms with E-state index in [1.807, 2.05) is 62.5 Å². The third-order valence-corrected chi connectivity index (χ3v) is 6.58. The Morgan fingerprint density at radius 3 is 2.69 bits per heavy atom. The monoisotopic (exact) mass is 491 g/mol. The molecule has 2 aromatic carbocycles. The summed E-state index contributed by atoms with van der Waals surface area (Å²) in [5.41, 5.74) is 9.40. The Hall–Kier alpha value is -3.50. The first-order chi connectivity index (χ1) is 17.0. The summed E-state index contributed by atoms with van der Waals surface area (Å²) in [6.07, 6.45) is 4.62. The van der Waals surface area contributed by atoms with Gasteiger partial charge in [0.2, 0.25) is 5.91 Å². The van der Waals surface area contributed by atoms with Crippen LogP contribution in [0.25, 0.3) is 11.4 Å². The van der Waals surface area contributed by atoms with Crippen molar-refractivity contribution >= 4 is 34.6 Å². The molecule has 0 spiro atoms. The number of thioether (sulfide) groups is 1. The first-order valence-corrected chi connectivity index (χ1v) is 12.6. The summed E-state index contributed by atoms with van der Waals surface area (Å²) in [6, 6.07) is 14.9. The van der Waals surface area contributed by atoms with Crippen LogP contribution < -0.4 is 15.8 Å². The van der Waals surface area contributed by atoms with E-state index >= 15 is 0 Å². The van der Waals surface area contributed by atoms with Crippen molar-refractivity contribution in [2.45, 2.75) is 39.2 Å². The number of benzene rings is 2. The minimum atomic E-state index is -0.556. The van der Waals surface area contributed by atoms with Gasteiger partial charge in [0, 0.05) is 18.7 Å². The normalized spacial score (nSPS) is 15.6. The van der Waals surface area contributed by atoms with Crippen molar-refractivity contribution in [3.05, 3.63) is 66.0 Å². The van der Waals surface area contributed by atoms with Crippen LogP contribution in [0.1, 0.15) is 43.9 Å². The summed E-state index contributed by atoms with van der Waals surface area (Å²) in [5.74, 6) is 0.845. The highest BCUT2D eigenvalue weighted by Gasteiger charge is 2.31. The van der Waals surface area contributed by atoms with E-state index < -0.39 is 6.03 Å². The molecule has 1 atom stereocenters. The van der Waals surface area contributed by atoms with Crippen LogP contribution in [0.3, 0.4) is 0 Å². The lowest BCUT2D eigenvalue weighted by Gasteiger charge is -2.20. The highest BCUT2D eigenvalue weighted by Crippen LogP contribution is 2.30. The van der Waals surface area contributed by atoms with Gasteiger partial charge in [-0.1, -0.05) is 67.6 Å². The number of carbonyl (C=O) groups is 2. The minimum absolute atomic E-state index is 0.0747. The SMILES string of the molecule is CCCCc1ccccc1N1C(=O)CS/C1=N\C(=O)NNC(C)c1ccc(-c2ncn(C)n2)cc1. The molecule has 182 valence electrons. The van der Waals surface area contributed by atoms with Crippen molar-refractivity contribution in [1.82, 2.24) is 25.6 Å². The quantitative estimate of drug-likeness (QED) is 0.457. The van der Waals surface area contributed by atoms with E-state index in [-0.39, 0.29) is 17.7 Å². The Morgan fingerprint density at radius 1 is 1.20 bits per heavy atom. The van der Waals surface area contributed by atoms with Gasteiger partial charge in [-0.25, -0.2) is 15.2 Å². The van der Waals surface area contributed by atoms with Crippen molar-refractivity contribution in [2.24, 2.45) is 12.0 Å². The maximum absolute atomic E-state index is 12.6. The number of amidine groups is 1. The number of nitrogens with zero attached hydrogens (tertiary/aromatic N) is 5. The van der Waals surface area contributed by atoms with Crippen molar-refractivity contribution in [2.75, 3.05) is 10.7 Å². The number of hydrazine groups is 1. The van der Waals surface area contributed by atoms with Gasteiger partial charge in [0.1, 0.15) is 6.33 Å². The number of nitrogens with one attached hydrogen (secondary N) is 2. The number of amides is 3. The van der Waals surface area contributed by atoms with Crippen LogP contribution in [0, 0.1) is 0 Å². The molecule has 1 unspecified atom stereocenters. The molecule has 1 aliphatic heterocycles. The van der Waals surface area contributed by atoms with E-state index in [1.165, 1.54) is 11.8 Å². The molecule has 3 amide bonds. The fourth-order valence-corrected chi connectivity index (χ4v) is 4.61. The number of carbonyl (C=O) groups excluding carboxylic acids is 2. The number of aliphatic imine (C=N–C) groups is 1. The smallest absolute Gasteiger partial charge is 0.273 e. The van der Waals surface area contributed by atoms with Gasteiger partial charge in [0.25, 0.3) is 0 Å². The molecule has 0 bridgehead atoms. The van der Waals surface area contributed by atoms with Gasteiger partial charge in [0.15, 0.2) is 11.0 Å². The van der Waals surface area contributed by atoms with Crippen LogP contribution in [0.15, 0.2) is 59.9 Å². The van der Waals surface area contributed by atoms with Gasteiger partial charge in [-0.2, -0.15) is 10.1 Å². The molecule has 10 heteroatoms. The first-order valence-electron chi connectivity index (χ1n) is 11.6. The first kappa shape index (κ1) is 24.6. The van der Waals surface area contributed by atoms with E-state index in [2.05, 4.69) is 32.9 Å². The zero-order chi connectivity index (χ0) is 24.8. The Balaban J connectivity index is 1.40. The predicted molar refractivity (Wildman–Crippen MR) is 139 cm³/mol. The third kappa shape index (κ3) is 5.95. The minimum Gasteiger partial charge on any atom is -0.273 e. The Bertz CT molecular complexity index is 1220. The van der Waals surface area contributed by atoms with E-state index in [0.717, 1.165) is 41.6 Å². The highest BCUT2D eigenvalue weighted by atomic mass is 32.2. The molecule has 35 heavy (non-hydrogen) atoms. The number of aromatic nitrogens is 3. The molecule has 0 radical (unpaired) electrons. The van der Waals surface area contributed by atoms with E-state index in [9.17, 15) is 9.59 Å². The third-order valence-electron chi connectivity index (χ3n) is 5.66. The molecule has 4 rings (SSSR count). The van der Waals surface area contributed by atoms with E-state index in [4.69, 9.17) is 0 Å². The molecule has 9 nitrogen and oxygen atoms in total. The molecule has 1 saturated heterocycles. The fourth-order valence-electron chi connectivity index (χ4n) is 3.75. The molecule has 1 aromatic heterocycles. The fraction of sp³-hybridized carbons (Fsp3) is 0.320. The number of hydrogen-bond acceptors (Lipinski definition) is 6. The number of hydrogen-bond donors (Lipinski definition) is 2. The second-order valence-electron chi connectivity index (χ2n) is 8.30. The second-order valence-corrected chi connectivity index (χ2v) is 9.25. The second kappa shape index (κ2) is 11.3. The van der Waals surface area contributed by atoms with Crippen LogP contribution >= 0.6 is 11.8 Å². The van der Waals surface area contributed by atoms with Crippen LogP contribution in [0.4, 0.5) is 10.5 Å². The number of aryl methyl sites for hydroxylation is 2. The molecule has 0 aliphatic carbocycles. The number of rotatable bonds is 8. The zero-order valence-electron chi connectivity index (χ0n) is 20.1. The van der Waals surface area contributed by atoms with Crippen molar-refractivity contribution < 1.29 is 9.59 Å². The van der Waals surface area contributed by atoms with Crippen LogP contribution in [0.5, 0.6) is 0 Å². The zero-order valence-corrected chi connectivity index (χ0v) is 20.9. The maximum Gasteiger partial charge on any atom is 0.357 e. The Morgan fingerprint density at radius 2 is 1.97 bits per heavy atom. The van der Waals surface area contributed by atoms with Gasteiger partial charge in [0.05, 0.1) is 11.4 Å². The Labute approximate surface area is 209 Å². The lowest BCUT2D eigenvalue weighted by atomic mass is 10.1. The maximum atomic E-state index is 12.6. The molecular weight excluding hydrogens is 462 g/mol. The number of para-hydroxylation sites is 1. The largest absolute Gasteiger partial charge is 0.357 e. The Kier molecular flexibility index (Phi) is 7.94. The summed E-state index contributed by atoms with van der Waals surface area (Å²) >= 11 is 1.27. The van der Waals surface area contributed by atoms with E-state index in [0.29, 0.717) is 11.0 Å². The van der Waals surface area contributed by atoms with E-state index in [1.54, 1.807) is 15.9 Å². The number of unbranched alkanes of at least 4 members (excludes halogenated alkanes) is 1. The molecule has 3 aromatic rings. The van der Waals surface area contributed by atoms with Crippen LogP contribution in [0.2, 0.25) is 0 Å². The summed E-state index contributed by atoms with van der Waals surface area (Å²) in [6.45, 7) is 4.07.